The third-order valence-electron chi connectivity index (χ3n) is 6.69. The SMILES string of the molecule is CCCCCCCCC(CCCCCC)COC(=O)CCCCCCCC(C)CC. The third kappa shape index (κ3) is 20.7. The number of carbonyl (C=O) groups excluding carboxylic acids is 1. The van der Waals surface area contributed by atoms with E-state index < -0.39 is 0 Å². The van der Waals surface area contributed by atoms with E-state index in [4.69, 9.17) is 4.74 Å². The number of unbranched alkanes of at least 4 members (excludes halogenated alkanes) is 12. The molecule has 2 unspecified atom stereocenters. The van der Waals surface area contributed by atoms with Gasteiger partial charge in [-0.25, -0.2) is 0 Å². The molecule has 0 fully saturated rings. The first kappa shape index (κ1) is 29.5. The topological polar surface area (TPSA) is 26.3 Å². The maximum Gasteiger partial charge on any atom is 0.305 e. The van der Waals surface area contributed by atoms with Crippen LogP contribution in [0.5, 0.6) is 0 Å². The molecule has 30 heavy (non-hydrogen) atoms. The summed E-state index contributed by atoms with van der Waals surface area (Å²) >= 11 is 0. The van der Waals surface area contributed by atoms with Crippen molar-refractivity contribution in [2.75, 3.05) is 6.61 Å². The molecule has 180 valence electrons. The van der Waals surface area contributed by atoms with Gasteiger partial charge in [-0.05, 0) is 31.1 Å². The van der Waals surface area contributed by atoms with Gasteiger partial charge in [0.25, 0.3) is 0 Å². The minimum absolute atomic E-state index is 0.0381. The summed E-state index contributed by atoms with van der Waals surface area (Å²) in [4.78, 5) is 12.2. The van der Waals surface area contributed by atoms with Crippen LogP contribution >= 0.6 is 0 Å². The predicted octanol–water partition coefficient (Wildman–Crippen LogP) is 9.64. The first-order valence-electron chi connectivity index (χ1n) is 13.8. The van der Waals surface area contributed by atoms with Crippen LogP contribution in [-0.4, -0.2) is 12.6 Å². The van der Waals surface area contributed by atoms with E-state index >= 15 is 0 Å². The Kier molecular flexibility index (Phi) is 22.7. The molecule has 2 atom stereocenters. The van der Waals surface area contributed by atoms with Crippen molar-refractivity contribution in [1.82, 2.24) is 0 Å². The molecule has 0 heterocycles. The molecule has 0 radical (unpaired) electrons. The van der Waals surface area contributed by atoms with Crippen molar-refractivity contribution in [2.24, 2.45) is 11.8 Å². The fourth-order valence-corrected chi connectivity index (χ4v) is 4.16. The molecule has 0 aliphatic heterocycles. The smallest absolute Gasteiger partial charge is 0.305 e. The molecule has 0 aromatic heterocycles. The van der Waals surface area contributed by atoms with Crippen LogP contribution in [0.15, 0.2) is 0 Å². The fourth-order valence-electron chi connectivity index (χ4n) is 4.16. The molecule has 0 amide bonds. The summed E-state index contributed by atoms with van der Waals surface area (Å²) in [5.74, 6) is 1.49. The summed E-state index contributed by atoms with van der Waals surface area (Å²) in [6.45, 7) is 9.82. The van der Waals surface area contributed by atoms with Gasteiger partial charge in [-0.2, -0.15) is 0 Å². The number of carbonyl (C=O) groups is 1. The Hall–Kier alpha value is -0.530. The molecule has 0 bridgehead atoms. The van der Waals surface area contributed by atoms with Crippen LogP contribution in [0.4, 0.5) is 0 Å². The molecular weight excluding hydrogens is 368 g/mol. The molecule has 0 aliphatic rings. The highest BCUT2D eigenvalue weighted by Crippen LogP contribution is 2.20. The third-order valence-corrected chi connectivity index (χ3v) is 6.69. The van der Waals surface area contributed by atoms with Crippen LogP contribution in [0, 0.1) is 11.8 Å². The van der Waals surface area contributed by atoms with Gasteiger partial charge in [0.05, 0.1) is 6.61 Å². The second-order valence-corrected chi connectivity index (χ2v) is 9.77. The van der Waals surface area contributed by atoms with E-state index in [9.17, 15) is 4.79 Å². The van der Waals surface area contributed by atoms with Crippen molar-refractivity contribution in [3.05, 3.63) is 0 Å². The quantitative estimate of drug-likeness (QED) is 0.120. The van der Waals surface area contributed by atoms with Gasteiger partial charge < -0.3 is 4.74 Å². The van der Waals surface area contributed by atoms with Crippen LogP contribution in [0.1, 0.15) is 156 Å². The van der Waals surface area contributed by atoms with Crippen LogP contribution in [-0.2, 0) is 9.53 Å². The Morgan fingerprint density at radius 3 is 1.67 bits per heavy atom. The maximum atomic E-state index is 12.2. The van der Waals surface area contributed by atoms with E-state index in [-0.39, 0.29) is 5.97 Å². The summed E-state index contributed by atoms with van der Waals surface area (Å²) in [6, 6.07) is 0. The number of ether oxygens (including phenoxy) is 1. The molecule has 2 nitrogen and oxygen atoms in total. The Morgan fingerprint density at radius 2 is 1.10 bits per heavy atom. The minimum atomic E-state index is 0.0381. The molecule has 0 spiro atoms. The second kappa shape index (κ2) is 23.1. The standard InChI is InChI=1S/C28H56O2/c1-5-8-10-12-15-19-23-27(22-18-11-9-6-2)25-30-28(29)24-20-16-13-14-17-21-26(4)7-3/h26-27H,5-25H2,1-4H3. The Balaban J connectivity index is 3.87. The van der Waals surface area contributed by atoms with Gasteiger partial charge in [0.1, 0.15) is 0 Å². The van der Waals surface area contributed by atoms with E-state index in [1.54, 1.807) is 0 Å². The molecule has 0 saturated heterocycles. The zero-order chi connectivity index (χ0) is 22.3. The monoisotopic (exact) mass is 424 g/mol. The van der Waals surface area contributed by atoms with E-state index in [0.717, 1.165) is 12.3 Å². The molecule has 0 rings (SSSR count). The van der Waals surface area contributed by atoms with Gasteiger partial charge >= 0.3 is 5.97 Å². The number of esters is 1. The van der Waals surface area contributed by atoms with Crippen LogP contribution in [0.2, 0.25) is 0 Å². The van der Waals surface area contributed by atoms with Gasteiger partial charge in [-0.1, -0.05) is 130 Å². The zero-order valence-corrected chi connectivity index (χ0v) is 21.3. The molecule has 0 aliphatic carbocycles. The van der Waals surface area contributed by atoms with Gasteiger partial charge in [0, 0.05) is 6.42 Å². The lowest BCUT2D eigenvalue weighted by Gasteiger charge is -2.17. The normalized spacial score (nSPS) is 13.3. The summed E-state index contributed by atoms with van der Waals surface area (Å²) in [7, 11) is 0. The van der Waals surface area contributed by atoms with Gasteiger partial charge in [0.2, 0.25) is 0 Å². The summed E-state index contributed by atoms with van der Waals surface area (Å²) in [5, 5.41) is 0. The largest absolute Gasteiger partial charge is 0.465 e. The predicted molar refractivity (Wildman–Crippen MR) is 133 cm³/mol. The van der Waals surface area contributed by atoms with E-state index in [1.165, 1.54) is 116 Å². The highest BCUT2D eigenvalue weighted by atomic mass is 16.5. The number of rotatable bonds is 23. The van der Waals surface area contributed by atoms with Crippen molar-refractivity contribution in [3.63, 3.8) is 0 Å². The Morgan fingerprint density at radius 1 is 0.633 bits per heavy atom. The van der Waals surface area contributed by atoms with E-state index in [1.807, 2.05) is 0 Å². The first-order valence-corrected chi connectivity index (χ1v) is 13.8. The average Bonchev–Trinajstić information content (AvgIpc) is 2.75. The van der Waals surface area contributed by atoms with Crippen molar-refractivity contribution in [3.8, 4) is 0 Å². The average molecular weight is 425 g/mol. The lowest BCUT2D eigenvalue weighted by molar-refractivity contribution is -0.145. The molecule has 0 N–H and O–H groups in total. The van der Waals surface area contributed by atoms with Crippen molar-refractivity contribution in [1.29, 1.82) is 0 Å². The van der Waals surface area contributed by atoms with E-state index in [0.29, 0.717) is 18.9 Å². The lowest BCUT2D eigenvalue weighted by atomic mass is 9.95. The highest BCUT2D eigenvalue weighted by Gasteiger charge is 2.12. The molecular formula is C28H56O2. The van der Waals surface area contributed by atoms with Crippen molar-refractivity contribution >= 4 is 5.97 Å². The summed E-state index contributed by atoms with van der Waals surface area (Å²) in [6.07, 6.45) is 25.2. The highest BCUT2D eigenvalue weighted by molar-refractivity contribution is 5.69. The Bertz CT molecular complexity index is 353. The van der Waals surface area contributed by atoms with Crippen molar-refractivity contribution < 1.29 is 9.53 Å². The lowest BCUT2D eigenvalue weighted by Crippen LogP contribution is -2.14. The fraction of sp³-hybridized carbons (Fsp3) is 0.964. The summed E-state index contributed by atoms with van der Waals surface area (Å²) in [5.41, 5.74) is 0. The molecule has 0 saturated carbocycles. The second-order valence-electron chi connectivity index (χ2n) is 9.77. The molecule has 2 heteroatoms. The number of hydrogen-bond acceptors (Lipinski definition) is 2. The Labute approximate surface area is 190 Å². The van der Waals surface area contributed by atoms with Crippen LogP contribution in [0.25, 0.3) is 0 Å². The van der Waals surface area contributed by atoms with Gasteiger partial charge in [-0.3, -0.25) is 4.79 Å². The van der Waals surface area contributed by atoms with E-state index in [2.05, 4.69) is 27.7 Å². The van der Waals surface area contributed by atoms with Crippen molar-refractivity contribution in [2.45, 2.75) is 156 Å². The zero-order valence-electron chi connectivity index (χ0n) is 21.3. The van der Waals surface area contributed by atoms with Crippen LogP contribution in [0.3, 0.4) is 0 Å². The van der Waals surface area contributed by atoms with Gasteiger partial charge in [0.15, 0.2) is 0 Å². The van der Waals surface area contributed by atoms with Crippen LogP contribution < -0.4 is 0 Å². The minimum Gasteiger partial charge on any atom is -0.465 e. The molecule has 0 aromatic carbocycles. The number of hydrogen-bond donors (Lipinski definition) is 0. The maximum absolute atomic E-state index is 12.2. The summed E-state index contributed by atoms with van der Waals surface area (Å²) < 4.78 is 5.69. The van der Waals surface area contributed by atoms with Gasteiger partial charge in [-0.15, -0.1) is 0 Å². The first-order chi connectivity index (χ1) is 14.6. The molecule has 0 aromatic rings.